The normalized spacial score (nSPS) is 16.8. The molecule has 0 saturated carbocycles. The van der Waals surface area contributed by atoms with E-state index in [4.69, 9.17) is 9.47 Å². The minimum atomic E-state index is -0.751. The smallest absolute Gasteiger partial charge is 0.295 e. The van der Waals surface area contributed by atoms with Gasteiger partial charge in [0.05, 0.1) is 17.7 Å². The van der Waals surface area contributed by atoms with E-state index in [0.717, 1.165) is 12.1 Å². The first-order valence-corrected chi connectivity index (χ1v) is 13.2. The molecule has 0 aliphatic carbocycles. The van der Waals surface area contributed by atoms with E-state index in [1.54, 1.807) is 23.1 Å². The second kappa shape index (κ2) is 12.2. The van der Waals surface area contributed by atoms with Crippen molar-refractivity contribution in [2.24, 2.45) is 0 Å². The molecule has 204 valence electrons. The fourth-order valence-electron chi connectivity index (χ4n) is 4.73. The first kappa shape index (κ1) is 27.9. The highest BCUT2D eigenvalue weighted by molar-refractivity contribution is 6.46. The quantitative estimate of drug-likeness (QED) is 0.199. The third-order valence-corrected chi connectivity index (χ3v) is 6.51. The van der Waals surface area contributed by atoms with Crippen LogP contribution in [-0.2, 0) is 9.59 Å². The van der Waals surface area contributed by atoms with Crippen molar-refractivity contribution in [1.29, 1.82) is 0 Å². The number of aliphatic hydroxyl groups excluding tert-OH is 1. The zero-order valence-electron chi connectivity index (χ0n) is 23.2. The van der Waals surface area contributed by atoms with Crippen molar-refractivity contribution in [3.8, 4) is 17.2 Å². The summed E-state index contributed by atoms with van der Waals surface area (Å²) in [4.78, 5) is 30.3. The van der Waals surface area contributed by atoms with Crippen LogP contribution in [0.1, 0.15) is 43.0 Å². The Kier molecular flexibility index (Phi) is 8.72. The fourth-order valence-corrected chi connectivity index (χ4v) is 4.73. The summed E-state index contributed by atoms with van der Waals surface area (Å²) < 4.78 is 11.9. The number of aryl methyl sites for hydroxylation is 1. The standard InChI is InChI=1S/C32H36N2O5/c1-21(2)38-27-16-15-24(19-22(27)3)30(35)28-29(34(32(37)31(28)36)18-10-17-33(4)5)23-11-9-14-26(20-23)39-25-12-7-6-8-13-25/h6-9,11-16,19-21,29,35H,10,17-18H2,1-5H3. The molecular weight excluding hydrogens is 492 g/mol. The van der Waals surface area contributed by atoms with E-state index in [0.29, 0.717) is 41.3 Å². The Balaban J connectivity index is 1.77. The van der Waals surface area contributed by atoms with Crippen molar-refractivity contribution >= 4 is 17.4 Å². The molecule has 4 rings (SSSR count). The van der Waals surface area contributed by atoms with Crippen molar-refractivity contribution in [2.45, 2.75) is 39.3 Å². The Morgan fingerprint density at radius 3 is 2.36 bits per heavy atom. The van der Waals surface area contributed by atoms with Gasteiger partial charge in [-0.3, -0.25) is 9.59 Å². The molecule has 1 N–H and O–H groups in total. The zero-order chi connectivity index (χ0) is 28.1. The second-order valence-corrected chi connectivity index (χ2v) is 10.3. The molecule has 0 radical (unpaired) electrons. The lowest BCUT2D eigenvalue weighted by Crippen LogP contribution is -2.32. The molecule has 3 aromatic carbocycles. The number of aliphatic hydroxyl groups is 1. The number of Topliss-reactive ketones (excluding diaryl/α,β-unsaturated/α-hetero) is 1. The molecular formula is C32H36N2O5. The number of hydrogen-bond acceptors (Lipinski definition) is 6. The van der Waals surface area contributed by atoms with Crippen molar-refractivity contribution in [2.75, 3.05) is 27.2 Å². The van der Waals surface area contributed by atoms with Gasteiger partial charge in [-0.25, -0.2) is 0 Å². The monoisotopic (exact) mass is 528 g/mol. The number of amides is 1. The average Bonchev–Trinajstić information content (AvgIpc) is 3.15. The predicted octanol–water partition coefficient (Wildman–Crippen LogP) is 5.95. The van der Waals surface area contributed by atoms with E-state index < -0.39 is 17.7 Å². The highest BCUT2D eigenvalue weighted by Gasteiger charge is 2.46. The van der Waals surface area contributed by atoms with Gasteiger partial charge in [0, 0.05) is 12.1 Å². The number of nitrogens with zero attached hydrogens (tertiary/aromatic N) is 2. The molecule has 1 fully saturated rings. The summed E-state index contributed by atoms with van der Waals surface area (Å²) in [6.45, 7) is 6.90. The highest BCUT2D eigenvalue weighted by Crippen LogP contribution is 2.41. The van der Waals surface area contributed by atoms with Crippen LogP contribution in [0.2, 0.25) is 0 Å². The highest BCUT2D eigenvalue weighted by atomic mass is 16.5. The molecule has 7 heteroatoms. The first-order valence-electron chi connectivity index (χ1n) is 13.2. The van der Waals surface area contributed by atoms with E-state index >= 15 is 0 Å². The van der Waals surface area contributed by atoms with Gasteiger partial charge >= 0.3 is 0 Å². The number of para-hydroxylation sites is 1. The van der Waals surface area contributed by atoms with Gasteiger partial charge in [-0.2, -0.15) is 0 Å². The summed E-state index contributed by atoms with van der Waals surface area (Å²) in [5.41, 5.74) is 2.03. The SMILES string of the molecule is Cc1cc(C(O)=C2C(=O)C(=O)N(CCCN(C)C)C2c2cccc(Oc3ccccc3)c2)ccc1OC(C)C. The fraction of sp³-hybridized carbons (Fsp3) is 0.312. The number of benzene rings is 3. The maximum Gasteiger partial charge on any atom is 0.295 e. The molecule has 0 aromatic heterocycles. The van der Waals surface area contributed by atoms with Crippen molar-refractivity contribution in [1.82, 2.24) is 9.80 Å². The van der Waals surface area contributed by atoms with Crippen molar-refractivity contribution < 1.29 is 24.2 Å². The van der Waals surface area contributed by atoms with E-state index in [1.807, 2.05) is 94.4 Å². The number of carbonyl (C=O) groups is 2. The molecule has 1 aliphatic rings. The number of likely N-dealkylation sites (tertiary alicyclic amines) is 1. The van der Waals surface area contributed by atoms with Crippen LogP contribution in [-0.4, -0.2) is 59.9 Å². The van der Waals surface area contributed by atoms with Crippen LogP contribution in [0.5, 0.6) is 17.2 Å². The molecule has 0 bridgehead atoms. The van der Waals surface area contributed by atoms with Crippen LogP contribution in [0.15, 0.2) is 78.4 Å². The predicted molar refractivity (Wildman–Crippen MR) is 152 cm³/mol. The van der Waals surface area contributed by atoms with Crippen LogP contribution in [0.25, 0.3) is 5.76 Å². The lowest BCUT2D eigenvalue weighted by Gasteiger charge is -2.26. The van der Waals surface area contributed by atoms with Crippen LogP contribution in [0.4, 0.5) is 0 Å². The molecule has 1 unspecified atom stereocenters. The Morgan fingerprint density at radius 1 is 0.974 bits per heavy atom. The topological polar surface area (TPSA) is 79.3 Å². The second-order valence-electron chi connectivity index (χ2n) is 10.3. The van der Waals surface area contributed by atoms with Crippen LogP contribution in [0.3, 0.4) is 0 Å². The lowest BCUT2D eigenvalue weighted by atomic mass is 9.94. The summed E-state index contributed by atoms with van der Waals surface area (Å²) in [5, 5.41) is 11.5. The lowest BCUT2D eigenvalue weighted by molar-refractivity contribution is -0.139. The zero-order valence-corrected chi connectivity index (χ0v) is 23.2. The van der Waals surface area contributed by atoms with Gasteiger partial charge in [0.25, 0.3) is 11.7 Å². The molecule has 0 spiro atoms. The Labute approximate surface area is 230 Å². The van der Waals surface area contributed by atoms with Crippen molar-refractivity contribution in [3.05, 3.63) is 95.1 Å². The largest absolute Gasteiger partial charge is 0.507 e. The van der Waals surface area contributed by atoms with Crippen LogP contribution >= 0.6 is 0 Å². The van der Waals surface area contributed by atoms with Gasteiger partial charge in [0.2, 0.25) is 0 Å². The Bertz CT molecular complexity index is 1360. The summed E-state index contributed by atoms with van der Waals surface area (Å²) in [5.74, 6) is 0.426. The van der Waals surface area contributed by atoms with Crippen LogP contribution in [0, 0.1) is 6.92 Å². The van der Waals surface area contributed by atoms with Gasteiger partial charge in [0.1, 0.15) is 23.0 Å². The third-order valence-electron chi connectivity index (χ3n) is 6.51. The van der Waals surface area contributed by atoms with Gasteiger partial charge < -0.3 is 24.4 Å². The molecule has 39 heavy (non-hydrogen) atoms. The molecule has 1 atom stereocenters. The molecule has 3 aromatic rings. The number of ether oxygens (including phenoxy) is 2. The average molecular weight is 529 g/mol. The maximum absolute atomic E-state index is 13.4. The first-order chi connectivity index (χ1) is 18.7. The number of rotatable bonds is 10. The van der Waals surface area contributed by atoms with Gasteiger partial charge in [0.15, 0.2) is 0 Å². The van der Waals surface area contributed by atoms with E-state index in [-0.39, 0.29) is 17.4 Å². The van der Waals surface area contributed by atoms with Gasteiger partial charge in [-0.05, 0) is 101 Å². The maximum atomic E-state index is 13.4. The summed E-state index contributed by atoms with van der Waals surface area (Å²) >= 11 is 0. The minimum Gasteiger partial charge on any atom is -0.507 e. The van der Waals surface area contributed by atoms with Gasteiger partial charge in [-0.15, -0.1) is 0 Å². The summed E-state index contributed by atoms with van der Waals surface area (Å²) in [6.07, 6.45) is 0.679. The van der Waals surface area contributed by atoms with E-state index in [1.165, 1.54) is 0 Å². The van der Waals surface area contributed by atoms with E-state index in [2.05, 4.69) is 0 Å². The summed E-state index contributed by atoms with van der Waals surface area (Å²) in [6, 6.07) is 21.2. The van der Waals surface area contributed by atoms with Crippen LogP contribution < -0.4 is 9.47 Å². The number of ketones is 1. The molecule has 1 saturated heterocycles. The number of hydrogen-bond donors (Lipinski definition) is 1. The molecule has 1 aliphatic heterocycles. The Morgan fingerprint density at radius 2 is 1.69 bits per heavy atom. The van der Waals surface area contributed by atoms with Gasteiger partial charge in [-0.1, -0.05) is 30.3 Å². The molecule has 7 nitrogen and oxygen atoms in total. The molecule has 1 amide bonds. The summed E-state index contributed by atoms with van der Waals surface area (Å²) in [7, 11) is 3.93. The minimum absolute atomic E-state index is 0.000943. The number of carbonyl (C=O) groups excluding carboxylic acids is 2. The third kappa shape index (κ3) is 6.49. The van der Waals surface area contributed by atoms with Crippen molar-refractivity contribution in [3.63, 3.8) is 0 Å². The van der Waals surface area contributed by atoms with E-state index in [9.17, 15) is 14.7 Å². The molecule has 1 heterocycles. The Hall–Kier alpha value is -4.10.